The van der Waals surface area contributed by atoms with E-state index >= 15 is 0 Å². The molecule has 4 nitrogen and oxygen atoms in total. The normalized spacial score (nSPS) is 10.7. The smallest absolute Gasteiger partial charge is 0.252 e. The van der Waals surface area contributed by atoms with Gasteiger partial charge in [0.25, 0.3) is 5.91 Å². The third-order valence-electron chi connectivity index (χ3n) is 4.60. The van der Waals surface area contributed by atoms with Gasteiger partial charge < -0.3 is 10.2 Å². The molecule has 0 aliphatic heterocycles. The summed E-state index contributed by atoms with van der Waals surface area (Å²) in [5.74, 6) is -1.02. The van der Waals surface area contributed by atoms with E-state index < -0.39 is 5.82 Å². The number of likely N-dealkylation sites (N-methyl/N-ethyl adjacent to an activating group) is 1. The lowest BCUT2D eigenvalue weighted by molar-refractivity contribution is 0.0938. The molecular weight excluding hydrogens is 367 g/mol. The lowest BCUT2D eigenvalue weighted by atomic mass is 9.98. The van der Waals surface area contributed by atoms with E-state index in [1.54, 1.807) is 24.3 Å². The molecule has 0 atom stereocenters. The van der Waals surface area contributed by atoms with Crippen molar-refractivity contribution in [2.45, 2.75) is 6.54 Å². The maximum Gasteiger partial charge on any atom is 0.252 e. The van der Waals surface area contributed by atoms with Crippen LogP contribution < -0.4 is 5.32 Å². The average Bonchev–Trinajstić information content (AvgIpc) is 2.74. The van der Waals surface area contributed by atoms with Crippen molar-refractivity contribution in [3.8, 4) is 0 Å². The molecule has 1 N–H and O–H groups in total. The van der Waals surface area contributed by atoms with Gasteiger partial charge in [0, 0.05) is 30.8 Å². The summed E-state index contributed by atoms with van der Waals surface area (Å²) in [4.78, 5) is 27.5. The number of benzene rings is 3. The van der Waals surface area contributed by atoms with Crippen LogP contribution in [0.1, 0.15) is 31.8 Å². The van der Waals surface area contributed by atoms with Gasteiger partial charge in [-0.15, -0.1) is 0 Å². The maximum atomic E-state index is 13.1. The van der Waals surface area contributed by atoms with Crippen LogP contribution in [0.5, 0.6) is 0 Å². The van der Waals surface area contributed by atoms with E-state index in [1.165, 1.54) is 29.8 Å². The van der Waals surface area contributed by atoms with Crippen molar-refractivity contribution < 1.29 is 14.0 Å². The third-order valence-corrected chi connectivity index (χ3v) is 4.60. The topological polar surface area (TPSA) is 49.4 Å². The number of ketones is 1. The van der Waals surface area contributed by atoms with Crippen molar-refractivity contribution in [2.75, 3.05) is 20.1 Å². The predicted molar refractivity (Wildman–Crippen MR) is 111 cm³/mol. The largest absolute Gasteiger partial charge is 0.351 e. The van der Waals surface area contributed by atoms with Crippen LogP contribution in [0.25, 0.3) is 0 Å². The molecule has 3 aromatic rings. The lowest BCUT2D eigenvalue weighted by Crippen LogP contribution is -2.33. The molecule has 1 amide bonds. The minimum atomic E-state index is -0.410. The Labute approximate surface area is 170 Å². The highest BCUT2D eigenvalue weighted by Crippen LogP contribution is 2.15. The molecule has 0 aromatic heterocycles. The Balaban J connectivity index is 1.61. The number of carbonyl (C=O) groups excluding carboxylic acids is 2. The zero-order valence-electron chi connectivity index (χ0n) is 16.3. The number of carbonyl (C=O) groups is 2. The summed E-state index contributed by atoms with van der Waals surface area (Å²) < 4.78 is 13.1. The van der Waals surface area contributed by atoms with E-state index in [0.717, 1.165) is 6.54 Å². The van der Waals surface area contributed by atoms with Gasteiger partial charge in [-0.25, -0.2) is 4.39 Å². The number of halogens is 1. The van der Waals surface area contributed by atoms with Gasteiger partial charge >= 0.3 is 0 Å². The molecule has 0 radical (unpaired) electrons. The molecule has 0 saturated heterocycles. The molecule has 0 heterocycles. The number of hydrogen-bond donors (Lipinski definition) is 1. The molecular formula is C24H23FN2O2. The predicted octanol–water partition coefficient (Wildman–Crippen LogP) is 3.92. The Morgan fingerprint density at radius 3 is 2.17 bits per heavy atom. The Morgan fingerprint density at radius 2 is 1.48 bits per heavy atom. The van der Waals surface area contributed by atoms with Crippen molar-refractivity contribution >= 4 is 11.7 Å². The molecule has 0 spiro atoms. The van der Waals surface area contributed by atoms with Crippen molar-refractivity contribution in [3.05, 3.63) is 107 Å². The van der Waals surface area contributed by atoms with Gasteiger partial charge in [-0.3, -0.25) is 9.59 Å². The first-order valence-corrected chi connectivity index (χ1v) is 9.44. The van der Waals surface area contributed by atoms with E-state index in [4.69, 9.17) is 0 Å². The van der Waals surface area contributed by atoms with Crippen molar-refractivity contribution in [2.24, 2.45) is 0 Å². The molecule has 0 unspecified atom stereocenters. The highest BCUT2D eigenvalue weighted by molar-refractivity contribution is 6.15. The molecule has 148 valence electrons. The number of nitrogens with one attached hydrogen (secondary N) is 1. The van der Waals surface area contributed by atoms with E-state index in [1.807, 2.05) is 25.2 Å². The molecule has 29 heavy (non-hydrogen) atoms. The fourth-order valence-electron chi connectivity index (χ4n) is 3.07. The first kappa shape index (κ1) is 20.4. The van der Waals surface area contributed by atoms with Gasteiger partial charge in [0.2, 0.25) is 0 Å². The quantitative estimate of drug-likeness (QED) is 0.593. The van der Waals surface area contributed by atoms with Crippen LogP contribution in [0.15, 0.2) is 78.9 Å². The van der Waals surface area contributed by atoms with Crippen LogP contribution in [0.2, 0.25) is 0 Å². The SMILES string of the molecule is CN(CCNC(=O)c1ccccc1C(=O)c1ccc(F)cc1)Cc1ccccc1. The average molecular weight is 390 g/mol. The molecule has 0 fully saturated rings. The summed E-state index contributed by atoms with van der Waals surface area (Å²) in [6.07, 6.45) is 0. The van der Waals surface area contributed by atoms with Crippen LogP contribution in [-0.4, -0.2) is 36.7 Å². The summed E-state index contributed by atoms with van der Waals surface area (Å²) in [5, 5.41) is 2.88. The summed E-state index contributed by atoms with van der Waals surface area (Å²) in [7, 11) is 1.99. The summed E-state index contributed by atoms with van der Waals surface area (Å²) in [5.41, 5.74) is 2.16. The molecule has 3 rings (SSSR count). The number of amides is 1. The molecule has 0 aliphatic carbocycles. The van der Waals surface area contributed by atoms with Gasteiger partial charge in [0.1, 0.15) is 5.82 Å². The van der Waals surface area contributed by atoms with Crippen LogP contribution in [0.4, 0.5) is 4.39 Å². The Kier molecular flexibility index (Phi) is 6.87. The molecule has 0 saturated carbocycles. The van der Waals surface area contributed by atoms with Crippen LogP contribution in [-0.2, 0) is 6.54 Å². The number of hydrogen-bond acceptors (Lipinski definition) is 3. The summed E-state index contributed by atoms with van der Waals surface area (Å²) in [6.45, 7) is 1.92. The van der Waals surface area contributed by atoms with Gasteiger partial charge in [0.05, 0.1) is 5.56 Å². The van der Waals surface area contributed by atoms with Gasteiger partial charge in [0.15, 0.2) is 5.78 Å². The molecule has 3 aromatic carbocycles. The van der Waals surface area contributed by atoms with E-state index in [2.05, 4.69) is 22.3 Å². The summed E-state index contributed by atoms with van der Waals surface area (Å²) in [6, 6.07) is 22.1. The monoisotopic (exact) mass is 390 g/mol. The first-order valence-electron chi connectivity index (χ1n) is 9.44. The number of nitrogens with zero attached hydrogens (tertiary/aromatic N) is 1. The van der Waals surface area contributed by atoms with Gasteiger partial charge in [-0.1, -0.05) is 48.5 Å². The highest BCUT2D eigenvalue weighted by atomic mass is 19.1. The first-order chi connectivity index (χ1) is 14.0. The Hall–Kier alpha value is -3.31. The second-order valence-corrected chi connectivity index (χ2v) is 6.86. The van der Waals surface area contributed by atoms with Gasteiger partial charge in [-0.05, 0) is 42.9 Å². The zero-order chi connectivity index (χ0) is 20.6. The lowest BCUT2D eigenvalue weighted by Gasteiger charge is -2.17. The molecule has 0 bridgehead atoms. The van der Waals surface area contributed by atoms with Crippen molar-refractivity contribution in [3.63, 3.8) is 0 Å². The van der Waals surface area contributed by atoms with Crippen molar-refractivity contribution in [1.29, 1.82) is 0 Å². The maximum absolute atomic E-state index is 13.1. The van der Waals surface area contributed by atoms with Crippen molar-refractivity contribution in [1.82, 2.24) is 10.2 Å². The van der Waals surface area contributed by atoms with Crippen LogP contribution in [0, 0.1) is 5.82 Å². The second kappa shape index (κ2) is 9.75. The van der Waals surface area contributed by atoms with E-state index in [-0.39, 0.29) is 11.7 Å². The second-order valence-electron chi connectivity index (χ2n) is 6.86. The fraction of sp³-hybridized carbons (Fsp3) is 0.167. The standard InChI is InChI=1S/C24H23FN2O2/c1-27(17-18-7-3-2-4-8-18)16-15-26-24(29)22-10-6-5-9-21(22)23(28)19-11-13-20(25)14-12-19/h2-14H,15-17H2,1H3,(H,26,29). The van der Waals surface area contributed by atoms with Crippen LogP contribution >= 0.6 is 0 Å². The van der Waals surface area contributed by atoms with Gasteiger partial charge in [-0.2, -0.15) is 0 Å². The summed E-state index contributed by atoms with van der Waals surface area (Å²) >= 11 is 0. The number of rotatable bonds is 8. The minimum absolute atomic E-state index is 0.300. The van der Waals surface area contributed by atoms with Crippen LogP contribution in [0.3, 0.4) is 0 Å². The highest BCUT2D eigenvalue weighted by Gasteiger charge is 2.18. The molecule has 0 aliphatic rings. The van der Waals surface area contributed by atoms with E-state index in [0.29, 0.717) is 29.8 Å². The zero-order valence-corrected chi connectivity index (χ0v) is 16.3. The Morgan fingerprint density at radius 1 is 0.862 bits per heavy atom. The van der Waals surface area contributed by atoms with E-state index in [9.17, 15) is 14.0 Å². The minimum Gasteiger partial charge on any atom is -0.351 e. The third kappa shape index (κ3) is 5.59. The fourth-order valence-corrected chi connectivity index (χ4v) is 3.07. The molecule has 5 heteroatoms. The Bertz CT molecular complexity index is 972.